The second-order valence-corrected chi connectivity index (χ2v) is 13.7. The van der Waals surface area contributed by atoms with Crippen LogP contribution in [0.15, 0.2) is 60.7 Å². The zero-order chi connectivity index (χ0) is 22.2. The minimum absolute atomic E-state index is 0.00204. The topological polar surface area (TPSA) is 44.8 Å². The van der Waals surface area contributed by atoms with Crippen LogP contribution in [-0.4, -0.2) is 40.2 Å². The minimum atomic E-state index is -2.58. The lowest BCUT2D eigenvalue weighted by Gasteiger charge is -2.44. The molecule has 3 rings (SSSR count). The van der Waals surface area contributed by atoms with Crippen molar-refractivity contribution in [2.24, 2.45) is 0 Å². The van der Waals surface area contributed by atoms with Crippen molar-refractivity contribution in [2.45, 2.75) is 70.1 Å². The second kappa shape index (κ2) is 11.1. The van der Waals surface area contributed by atoms with E-state index in [9.17, 15) is 4.79 Å². The first-order valence-corrected chi connectivity index (χ1v) is 13.3. The van der Waals surface area contributed by atoms with Crippen molar-refractivity contribution in [1.82, 2.24) is 0 Å². The number of hydrogen-bond donors (Lipinski definition) is 0. The fourth-order valence-corrected chi connectivity index (χ4v) is 9.29. The third-order valence-electron chi connectivity index (χ3n) is 6.19. The molecule has 0 bridgehead atoms. The van der Waals surface area contributed by atoms with Gasteiger partial charge in [-0.3, -0.25) is 4.79 Å². The molecule has 0 aromatic heterocycles. The fraction of sp³-hybridized carbons (Fsp3) is 0.500. The Morgan fingerprint density at radius 3 is 1.87 bits per heavy atom. The molecule has 1 heterocycles. The first-order chi connectivity index (χ1) is 15.0. The summed E-state index contributed by atoms with van der Waals surface area (Å²) < 4.78 is 18.5. The third-order valence-corrected chi connectivity index (χ3v) is 11.2. The van der Waals surface area contributed by atoms with Crippen molar-refractivity contribution in [1.29, 1.82) is 0 Å². The summed E-state index contributed by atoms with van der Waals surface area (Å²) in [5.41, 5.74) is 0. The number of carbonyl (C=O) groups is 1. The number of hydrogen-bond acceptors (Lipinski definition) is 4. The molecule has 168 valence electrons. The minimum Gasteiger partial charge on any atom is -0.465 e. The van der Waals surface area contributed by atoms with Gasteiger partial charge in [-0.2, -0.15) is 0 Å². The van der Waals surface area contributed by atoms with E-state index in [1.54, 1.807) is 0 Å². The molecule has 2 aromatic rings. The van der Waals surface area contributed by atoms with Gasteiger partial charge in [0.15, 0.2) is 0 Å². The highest BCUT2D eigenvalue weighted by Crippen LogP contribution is 2.37. The van der Waals surface area contributed by atoms with Gasteiger partial charge in [0.2, 0.25) is 0 Å². The summed E-state index contributed by atoms with van der Waals surface area (Å²) in [5.74, 6) is 0. The van der Waals surface area contributed by atoms with Gasteiger partial charge in [0, 0.05) is 0 Å². The van der Waals surface area contributed by atoms with Gasteiger partial charge >= 0.3 is 0 Å². The van der Waals surface area contributed by atoms with Crippen molar-refractivity contribution >= 4 is 25.2 Å². The Bertz CT molecular complexity index is 749. The molecule has 0 saturated carbocycles. The number of rotatable bonds is 8. The summed E-state index contributed by atoms with van der Waals surface area (Å²) in [6, 6.07) is 21.4. The van der Waals surface area contributed by atoms with Crippen molar-refractivity contribution in [3.05, 3.63) is 60.7 Å². The molecule has 0 amide bonds. The van der Waals surface area contributed by atoms with Crippen LogP contribution in [0.1, 0.15) is 52.9 Å². The maximum atomic E-state index is 10.7. The van der Waals surface area contributed by atoms with Gasteiger partial charge in [0.05, 0.1) is 18.8 Å². The van der Waals surface area contributed by atoms with Gasteiger partial charge in [0.1, 0.15) is 6.61 Å². The van der Waals surface area contributed by atoms with Crippen LogP contribution < -0.4 is 10.4 Å². The van der Waals surface area contributed by atoms with Crippen molar-refractivity contribution in [2.75, 3.05) is 13.2 Å². The van der Waals surface area contributed by atoms with Crippen LogP contribution in [0, 0.1) is 0 Å². The van der Waals surface area contributed by atoms with Crippen LogP contribution >= 0.6 is 0 Å². The van der Waals surface area contributed by atoms with Gasteiger partial charge < -0.3 is 13.9 Å². The highest BCUT2D eigenvalue weighted by Gasteiger charge is 2.50. The summed E-state index contributed by atoms with van der Waals surface area (Å²) in [6.07, 6.45) is 5.25. The molecule has 0 spiro atoms. The quantitative estimate of drug-likeness (QED) is 0.449. The van der Waals surface area contributed by atoms with E-state index in [-0.39, 0.29) is 17.2 Å². The first-order valence-electron chi connectivity index (χ1n) is 11.4. The molecule has 0 radical (unpaired) electrons. The van der Waals surface area contributed by atoms with Crippen molar-refractivity contribution in [3.8, 4) is 0 Å². The van der Waals surface area contributed by atoms with Crippen LogP contribution in [0.5, 0.6) is 0 Å². The maximum Gasteiger partial charge on any atom is 0.293 e. The Hall–Kier alpha value is -1.95. The average molecular weight is 441 g/mol. The van der Waals surface area contributed by atoms with Crippen molar-refractivity contribution < 1.29 is 18.7 Å². The maximum absolute atomic E-state index is 10.7. The van der Waals surface area contributed by atoms with E-state index in [1.165, 1.54) is 16.8 Å². The molecular weight excluding hydrogens is 404 g/mol. The van der Waals surface area contributed by atoms with Crippen LogP contribution in [-0.2, 0) is 18.7 Å². The molecule has 1 saturated heterocycles. The molecule has 31 heavy (non-hydrogen) atoms. The first kappa shape index (κ1) is 23.7. The van der Waals surface area contributed by atoms with Crippen LogP contribution in [0.25, 0.3) is 0 Å². The predicted octanol–water partition coefficient (Wildman–Crippen LogP) is 4.45. The second-order valence-electron chi connectivity index (χ2n) is 9.42. The Balaban J connectivity index is 1.90. The summed E-state index contributed by atoms with van der Waals surface area (Å²) in [7, 11) is -2.58. The zero-order valence-electron chi connectivity index (χ0n) is 19.1. The highest BCUT2D eigenvalue weighted by atomic mass is 28.4. The molecular formula is C26H36O4Si. The summed E-state index contributed by atoms with van der Waals surface area (Å²) >= 11 is 0. The van der Waals surface area contributed by atoms with Gasteiger partial charge in [0.25, 0.3) is 14.8 Å². The molecule has 2 aromatic carbocycles. The van der Waals surface area contributed by atoms with Gasteiger partial charge in [-0.1, -0.05) is 101 Å². The Labute approximate surface area is 188 Å². The molecule has 0 N–H and O–H groups in total. The smallest absolute Gasteiger partial charge is 0.293 e. The summed E-state index contributed by atoms with van der Waals surface area (Å²) in [5, 5.41) is 2.50. The van der Waals surface area contributed by atoms with Crippen molar-refractivity contribution in [3.63, 3.8) is 0 Å². The summed E-state index contributed by atoms with van der Waals surface area (Å²) in [4.78, 5) is 10.7. The lowest BCUT2D eigenvalue weighted by atomic mass is 10.0. The van der Waals surface area contributed by atoms with Crippen LogP contribution in [0.4, 0.5) is 0 Å². The van der Waals surface area contributed by atoms with E-state index in [0.717, 1.165) is 25.7 Å². The van der Waals surface area contributed by atoms with E-state index < -0.39 is 8.32 Å². The molecule has 1 fully saturated rings. The lowest BCUT2D eigenvalue weighted by Crippen LogP contribution is -2.67. The zero-order valence-corrected chi connectivity index (χ0v) is 20.1. The van der Waals surface area contributed by atoms with E-state index >= 15 is 0 Å². The monoisotopic (exact) mass is 440 g/mol. The normalized spacial score (nSPS) is 20.5. The number of carbonyl (C=O) groups excluding carboxylic acids is 1. The van der Waals surface area contributed by atoms with Gasteiger partial charge in [-0.05, 0) is 28.3 Å². The van der Waals surface area contributed by atoms with Crippen LogP contribution in [0.3, 0.4) is 0 Å². The molecule has 4 nitrogen and oxygen atoms in total. The Kier molecular flexibility index (Phi) is 8.47. The van der Waals surface area contributed by atoms with Gasteiger partial charge in [-0.15, -0.1) is 0 Å². The van der Waals surface area contributed by atoms with E-state index in [1.807, 2.05) is 0 Å². The van der Waals surface area contributed by atoms with Crippen LogP contribution in [0.2, 0.25) is 5.04 Å². The lowest BCUT2D eigenvalue weighted by molar-refractivity contribution is -0.136. The van der Waals surface area contributed by atoms with Gasteiger partial charge in [-0.25, -0.2) is 0 Å². The largest absolute Gasteiger partial charge is 0.465 e. The fourth-order valence-electron chi connectivity index (χ4n) is 4.70. The number of benzene rings is 2. The molecule has 1 aliphatic rings. The Morgan fingerprint density at radius 2 is 1.39 bits per heavy atom. The summed E-state index contributed by atoms with van der Waals surface area (Å²) in [6.45, 7) is 8.25. The molecule has 0 unspecified atom stereocenters. The standard InChI is InChI=1S/C26H36O4Si/c1-26(2,3)31(24-15-9-5-10-16-24,25-17-11-6-12-18-25)29-20-23-14-8-4-7-13-22(30-23)19-28-21-27/h5-6,9-12,15-18,21-23H,4,7-8,13-14,19-20H2,1-3H3/t22-,23+/m1/s1. The molecule has 1 aliphatic heterocycles. The third kappa shape index (κ3) is 5.85. The highest BCUT2D eigenvalue weighted by molar-refractivity contribution is 6.99. The van der Waals surface area contributed by atoms with E-state index in [2.05, 4.69) is 81.4 Å². The molecule has 5 heteroatoms. The average Bonchev–Trinajstić information content (AvgIpc) is 2.75. The number of ether oxygens (including phenoxy) is 2. The van der Waals surface area contributed by atoms with E-state index in [4.69, 9.17) is 13.9 Å². The molecule has 2 atom stereocenters. The predicted molar refractivity (Wildman–Crippen MR) is 127 cm³/mol. The SMILES string of the molecule is CC(C)(C)[Si](OC[C@@H]1CCCCC[C@H](COC=O)O1)(c1ccccc1)c1ccccc1. The van der Waals surface area contributed by atoms with E-state index in [0.29, 0.717) is 19.7 Å². The Morgan fingerprint density at radius 1 is 0.871 bits per heavy atom. The molecule has 0 aliphatic carbocycles.